The molecule has 0 saturated heterocycles. The van der Waals surface area contributed by atoms with Gasteiger partial charge in [0.05, 0.1) is 11.6 Å². The van der Waals surface area contributed by atoms with Crippen LogP contribution in [0.5, 0.6) is 5.75 Å². The van der Waals surface area contributed by atoms with E-state index in [0.717, 1.165) is 5.56 Å². The summed E-state index contributed by atoms with van der Waals surface area (Å²) < 4.78 is 10.6. The number of halogens is 1. The monoisotopic (exact) mass is 300 g/mol. The van der Waals surface area contributed by atoms with Crippen LogP contribution in [0, 0.1) is 0 Å². The van der Waals surface area contributed by atoms with Crippen LogP contribution in [0.2, 0.25) is 5.02 Å². The second-order valence-corrected chi connectivity index (χ2v) is 4.71. The Kier molecular flexibility index (Phi) is 7.36. The molecule has 6 heteroatoms. The van der Waals surface area contributed by atoms with Gasteiger partial charge >= 0.3 is 0 Å². The highest BCUT2D eigenvalue weighted by Crippen LogP contribution is 2.29. The molecular weight excluding hydrogens is 280 g/mol. The minimum Gasteiger partial charge on any atom is -0.479 e. The summed E-state index contributed by atoms with van der Waals surface area (Å²) in [5, 5.41) is 6.26. The number of hydrogen-bond donors (Lipinski definition) is 2. The molecule has 0 aromatic heterocycles. The molecule has 1 rings (SSSR count). The van der Waals surface area contributed by atoms with Gasteiger partial charge in [0.2, 0.25) is 0 Å². The first-order valence-corrected chi connectivity index (χ1v) is 6.83. The molecule has 2 N–H and O–H groups in total. The van der Waals surface area contributed by atoms with Crippen molar-refractivity contribution in [2.75, 3.05) is 27.3 Å². The molecule has 1 atom stereocenters. The Bertz CT molecular complexity index is 440. The van der Waals surface area contributed by atoms with Gasteiger partial charge in [0.25, 0.3) is 5.91 Å². The van der Waals surface area contributed by atoms with Crippen LogP contribution in [0.3, 0.4) is 0 Å². The van der Waals surface area contributed by atoms with Crippen molar-refractivity contribution >= 4 is 17.5 Å². The van der Waals surface area contributed by atoms with E-state index in [2.05, 4.69) is 10.6 Å². The van der Waals surface area contributed by atoms with E-state index < -0.39 is 6.10 Å². The van der Waals surface area contributed by atoms with E-state index in [1.165, 1.54) is 0 Å². The van der Waals surface area contributed by atoms with Gasteiger partial charge in [-0.1, -0.05) is 23.7 Å². The summed E-state index contributed by atoms with van der Waals surface area (Å²) in [5.74, 6) is 0.343. The van der Waals surface area contributed by atoms with Crippen molar-refractivity contribution in [2.45, 2.75) is 19.6 Å². The van der Waals surface area contributed by atoms with Crippen LogP contribution < -0.4 is 15.4 Å². The largest absolute Gasteiger partial charge is 0.479 e. The van der Waals surface area contributed by atoms with Gasteiger partial charge in [0, 0.05) is 25.8 Å². The van der Waals surface area contributed by atoms with E-state index in [1.807, 2.05) is 19.2 Å². The molecule has 0 spiro atoms. The lowest BCUT2D eigenvalue weighted by Gasteiger charge is -2.18. The number of carbonyl (C=O) groups excluding carboxylic acids is 1. The van der Waals surface area contributed by atoms with Gasteiger partial charge in [-0.15, -0.1) is 0 Å². The third kappa shape index (κ3) is 5.00. The Morgan fingerprint density at radius 2 is 2.20 bits per heavy atom. The first-order valence-electron chi connectivity index (χ1n) is 6.45. The van der Waals surface area contributed by atoms with Gasteiger partial charge in [0.15, 0.2) is 6.10 Å². The summed E-state index contributed by atoms with van der Waals surface area (Å²) in [6.45, 7) is 3.23. The zero-order valence-corrected chi connectivity index (χ0v) is 12.8. The van der Waals surface area contributed by atoms with Crippen LogP contribution in [-0.2, 0) is 16.1 Å². The second kappa shape index (κ2) is 8.79. The fourth-order valence-corrected chi connectivity index (χ4v) is 1.90. The van der Waals surface area contributed by atoms with Gasteiger partial charge < -0.3 is 20.1 Å². The number of rotatable bonds is 8. The Balaban J connectivity index is 2.69. The van der Waals surface area contributed by atoms with E-state index in [1.54, 1.807) is 20.1 Å². The SMILES string of the molecule is CNCc1cccc(Cl)c1OC(C)C(=O)NCCOC. The van der Waals surface area contributed by atoms with Crippen molar-refractivity contribution in [2.24, 2.45) is 0 Å². The highest BCUT2D eigenvalue weighted by Gasteiger charge is 2.17. The standard InChI is InChI=1S/C14H21ClN2O3/c1-10(14(18)17-7-8-19-3)20-13-11(9-16-2)5-4-6-12(13)15/h4-6,10,16H,7-9H2,1-3H3,(H,17,18). The lowest BCUT2D eigenvalue weighted by Crippen LogP contribution is -2.38. The van der Waals surface area contributed by atoms with Crippen LogP contribution in [-0.4, -0.2) is 39.3 Å². The Morgan fingerprint density at radius 3 is 2.85 bits per heavy atom. The summed E-state index contributed by atoms with van der Waals surface area (Å²) in [4.78, 5) is 11.9. The molecule has 1 aromatic carbocycles. The van der Waals surface area contributed by atoms with Crippen molar-refractivity contribution in [3.05, 3.63) is 28.8 Å². The fraction of sp³-hybridized carbons (Fsp3) is 0.500. The van der Waals surface area contributed by atoms with Gasteiger partial charge in [-0.2, -0.15) is 0 Å². The average molecular weight is 301 g/mol. The van der Waals surface area contributed by atoms with Gasteiger partial charge in [-0.25, -0.2) is 0 Å². The summed E-state index contributed by atoms with van der Waals surface area (Å²) in [5.41, 5.74) is 0.913. The molecule has 0 radical (unpaired) electrons. The molecule has 0 bridgehead atoms. The number of hydrogen-bond acceptors (Lipinski definition) is 4. The summed E-state index contributed by atoms with van der Waals surface area (Å²) in [6.07, 6.45) is -0.623. The molecule has 20 heavy (non-hydrogen) atoms. The van der Waals surface area contributed by atoms with Gasteiger partial charge in [-0.05, 0) is 20.0 Å². The smallest absolute Gasteiger partial charge is 0.260 e. The van der Waals surface area contributed by atoms with Crippen LogP contribution in [0.15, 0.2) is 18.2 Å². The molecule has 1 amide bonds. The molecule has 1 unspecified atom stereocenters. The van der Waals surface area contributed by atoms with Crippen LogP contribution >= 0.6 is 11.6 Å². The maximum Gasteiger partial charge on any atom is 0.260 e. The molecule has 112 valence electrons. The third-order valence-electron chi connectivity index (χ3n) is 2.69. The van der Waals surface area contributed by atoms with E-state index in [-0.39, 0.29) is 5.91 Å². The molecule has 0 aliphatic carbocycles. The second-order valence-electron chi connectivity index (χ2n) is 4.30. The van der Waals surface area contributed by atoms with Crippen LogP contribution in [0.4, 0.5) is 0 Å². The van der Waals surface area contributed by atoms with Gasteiger partial charge in [0.1, 0.15) is 5.75 Å². The highest BCUT2D eigenvalue weighted by atomic mass is 35.5. The maximum absolute atomic E-state index is 11.9. The van der Waals surface area contributed by atoms with E-state index >= 15 is 0 Å². The quantitative estimate of drug-likeness (QED) is 0.716. The number of methoxy groups -OCH3 is 1. The lowest BCUT2D eigenvalue weighted by molar-refractivity contribution is -0.127. The summed E-state index contributed by atoms with van der Waals surface area (Å²) in [7, 11) is 3.42. The normalized spacial score (nSPS) is 12.0. The molecule has 0 aliphatic rings. The number of ether oxygens (including phenoxy) is 2. The topological polar surface area (TPSA) is 59.6 Å². The first kappa shape index (κ1) is 16.8. The lowest BCUT2D eigenvalue weighted by atomic mass is 10.2. The molecule has 0 heterocycles. The first-order chi connectivity index (χ1) is 9.60. The molecule has 0 saturated carbocycles. The van der Waals surface area contributed by atoms with E-state index in [9.17, 15) is 4.79 Å². The Hall–Kier alpha value is -1.30. The van der Waals surface area contributed by atoms with Crippen molar-refractivity contribution in [3.8, 4) is 5.75 Å². The summed E-state index contributed by atoms with van der Waals surface area (Å²) >= 11 is 6.14. The fourth-order valence-electron chi connectivity index (χ4n) is 1.67. The van der Waals surface area contributed by atoms with Crippen molar-refractivity contribution in [1.82, 2.24) is 10.6 Å². The Morgan fingerprint density at radius 1 is 1.45 bits per heavy atom. The highest BCUT2D eigenvalue weighted by molar-refractivity contribution is 6.32. The molecular formula is C14H21ClN2O3. The number of carbonyl (C=O) groups is 1. The molecule has 1 aromatic rings. The number of amides is 1. The molecule has 5 nitrogen and oxygen atoms in total. The van der Waals surface area contributed by atoms with Crippen molar-refractivity contribution in [1.29, 1.82) is 0 Å². The molecule has 0 aliphatic heterocycles. The maximum atomic E-state index is 11.9. The number of benzene rings is 1. The average Bonchev–Trinajstić information content (AvgIpc) is 2.43. The van der Waals surface area contributed by atoms with Gasteiger partial charge in [-0.3, -0.25) is 4.79 Å². The van der Waals surface area contributed by atoms with Crippen molar-refractivity contribution in [3.63, 3.8) is 0 Å². The zero-order valence-electron chi connectivity index (χ0n) is 12.0. The molecule has 0 fully saturated rings. The zero-order chi connectivity index (χ0) is 15.0. The van der Waals surface area contributed by atoms with E-state index in [0.29, 0.717) is 30.5 Å². The minimum absolute atomic E-state index is 0.197. The summed E-state index contributed by atoms with van der Waals surface area (Å²) in [6, 6.07) is 5.50. The number of nitrogens with one attached hydrogen (secondary N) is 2. The van der Waals surface area contributed by atoms with Crippen LogP contribution in [0.1, 0.15) is 12.5 Å². The predicted molar refractivity (Wildman–Crippen MR) is 79.2 cm³/mol. The Labute approximate surface area is 124 Å². The minimum atomic E-state index is -0.623. The van der Waals surface area contributed by atoms with Crippen molar-refractivity contribution < 1.29 is 14.3 Å². The van der Waals surface area contributed by atoms with E-state index in [4.69, 9.17) is 21.1 Å². The third-order valence-corrected chi connectivity index (χ3v) is 2.98. The predicted octanol–water partition coefficient (Wildman–Crippen LogP) is 1.59. The number of para-hydroxylation sites is 1. The van der Waals surface area contributed by atoms with Crippen LogP contribution in [0.25, 0.3) is 0 Å².